The number of ether oxygens (including phenoxy) is 1. The van der Waals surface area contributed by atoms with Crippen LogP contribution in [0.5, 0.6) is 11.5 Å². The second kappa shape index (κ2) is 17.0. The molecule has 5 nitrogen and oxygen atoms in total. The first-order chi connectivity index (χ1) is 33.3. The van der Waals surface area contributed by atoms with Crippen LogP contribution in [0.4, 0.5) is 22.7 Å². The van der Waals surface area contributed by atoms with Gasteiger partial charge in [-0.2, -0.15) is 0 Å². The summed E-state index contributed by atoms with van der Waals surface area (Å²) in [5.74, 6) is 2.43. The number of anilines is 4. The summed E-state index contributed by atoms with van der Waals surface area (Å²) in [7, 11) is 0. The fourth-order valence-electron chi connectivity index (χ4n) is 10.2. The molecule has 0 aliphatic carbocycles. The van der Waals surface area contributed by atoms with Gasteiger partial charge in [-0.15, -0.1) is 0 Å². The Morgan fingerprint density at radius 2 is 0.971 bits per heavy atom. The minimum atomic E-state index is -0.232. The lowest BCUT2D eigenvalue weighted by molar-refractivity contribution is 0.479. The van der Waals surface area contributed by atoms with Crippen molar-refractivity contribution in [1.29, 1.82) is 0 Å². The molecular weight excluding hydrogens is 841 g/mol. The molecule has 340 valence electrons. The van der Waals surface area contributed by atoms with Gasteiger partial charge in [0.25, 0.3) is 0 Å². The van der Waals surface area contributed by atoms with Crippen LogP contribution in [0.3, 0.4) is 0 Å². The third-order valence-corrected chi connectivity index (χ3v) is 14.4. The van der Waals surface area contributed by atoms with Gasteiger partial charge >= 0.3 is 0 Å². The molecule has 0 spiro atoms. The van der Waals surface area contributed by atoms with Crippen molar-refractivity contribution in [2.24, 2.45) is 0 Å². The summed E-state index contributed by atoms with van der Waals surface area (Å²) in [6, 6.07) is 74.4. The van der Waals surface area contributed by atoms with Gasteiger partial charge in [-0.3, -0.25) is 4.57 Å². The first-order valence-electron chi connectivity index (χ1n) is 24.1. The van der Waals surface area contributed by atoms with E-state index in [2.05, 4.69) is 269 Å². The Labute approximate surface area is 406 Å². The number of nitrogens with zero attached hydrogens (tertiary/aromatic N) is 4. The predicted molar refractivity (Wildman–Crippen MR) is 288 cm³/mol. The summed E-state index contributed by atoms with van der Waals surface area (Å²) in [5, 5.41) is 2.32. The number of hydrogen-bond acceptors (Lipinski definition) is 4. The maximum atomic E-state index is 7.03. The Hall–Kier alpha value is -7.89. The molecule has 11 rings (SSSR count). The van der Waals surface area contributed by atoms with Crippen molar-refractivity contribution < 1.29 is 4.74 Å². The van der Waals surface area contributed by atoms with Crippen molar-refractivity contribution in [1.82, 2.24) is 9.55 Å². The zero-order chi connectivity index (χ0) is 47.5. The lowest BCUT2D eigenvalue weighted by Crippen LogP contribution is -2.25. The van der Waals surface area contributed by atoms with E-state index < -0.39 is 0 Å². The van der Waals surface area contributed by atoms with E-state index in [4.69, 9.17) is 9.72 Å². The van der Waals surface area contributed by atoms with Gasteiger partial charge in [0.2, 0.25) is 0 Å². The lowest BCUT2D eigenvalue weighted by atomic mass is 9.77. The number of rotatable bonds is 10. The van der Waals surface area contributed by atoms with Gasteiger partial charge in [-0.1, -0.05) is 176 Å². The Morgan fingerprint density at radius 1 is 0.406 bits per heavy atom. The van der Waals surface area contributed by atoms with Crippen LogP contribution in [0.2, 0.25) is 0 Å². The first-order valence-corrected chi connectivity index (χ1v) is 24.1. The smallest absolute Gasteiger partial charge is 0.137 e. The summed E-state index contributed by atoms with van der Waals surface area (Å²) < 4.78 is 9.32. The first kappa shape index (κ1) is 43.7. The van der Waals surface area contributed by atoms with Gasteiger partial charge in [0.05, 0.1) is 22.4 Å². The fraction of sp³-hybridized carbons (Fsp3) is 0.172. The highest BCUT2D eigenvalue weighted by atomic mass is 16.5. The van der Waals surface area contributed by atoms with Gasteiger partial charge < -0.3 is 14.5 Å². The molecule has 5 heteroatoms. The number of aromatic nitrogens is 2. The van der Waals surface area contributed by atoms with E-state index >= 15 is 0 Å². The van der Waals surface area contributed by atoms with Gasteiger partial charge in [0.1, 0.15) is 24.0 Å². The zero-order valence-corrected chi connectivity index (χ0v) is 40.6. The van der Waals surface area contributed by atoms with Crippen LogP contribution in [-0.2, 0) is 16.2 Å². The summed E-state index contributed by atoms with van der Waals surface area (Å²) in [5.41, 5.74) is 14.7. The second-order valence-electron chi connectivity index (χ2n) is 20.6. The molecule has 0 amide bonds. The van der Waals surface area contributed by atoms with Gasteiger partial charge in [0, 0.05) is 51.3 Å². The second-order valence-corrected chi connectivity index (χ2v) is 20.6. The molecule has 0 saturated carbocycles. The average Bonchev–Trinajstić information content (AvgIpc) is 3.93. The molecule has 0 saturated heterocycles. The molecule has 8 aromatic carbocycles. The third-order valence-electron chi connectivity index (χ3n) is 14.4. The largest absolute Gasteiger partial charge is 0.457 e. The molecule has 0 unspecified atom stereocenters. The lowest BCUT2D eigenvalue weighted by Gasteiger charge is -2.30. The van der Waals surface area contributed by atoms with E-state index in [-0.39, 0.29) is 16.2 Å². The van der Waals surface area contributed by atoms with Crippen LogP contribution in [0.15, 0.2) is 212 Å². The van der Waals surface area contributed by atoms with E-state index in [1.165, 1.54) is 44.3 Å². The van der Waals surface area contributed by atoms with E-state index in [0.29, 0.717) is 6.67 Å². The van der Waals surface area contributed by atoms with Crippen LogP contribution in [0.1, 0.15) is 76.3 Å². The molecule has 69 heavy (non-hydrogen) atoms. The molecule has 1 aliphatic heterocycles. The Balaban J connectivity index is 0.988. The van der Waals surface area contributed by atoms with E-state index in [9.17, 15) is 0 Å². The van der Waals surface area contributed by atoms with Crippen molar-refractivity contribution in [3.63, 3.8) is 0 Å². The normalized spacial score (nSPS) is 13.0. The molecular formula is C64H58N4O. The van der Waals surface area contributed by atoms with E-state index in [1.807, 2.05) is 6.20 Å². The molecule has 2 aromatic heterocycles. The zero-order valence-electron chi connectivity index (χ0n) is 40.6. The van der Waals surface area contributed by atoms with Crippen LogP contribution in [0, 0.1) is 0 Å². The molecule has 3 heterocycles. The minimum Gasteiger partial charge on any atom is -0.457 e. The Kier molecular flexibility index (Phi) is 10.8. The minimum absolute atomic E-state index is 0.143. The van der Waals surface area contributed by atoms with Crippen molar-refractivity contribution in [2.45, 2.75) is 64.7 Å². The van der Waals surface area contributed by atoms with Crippen molar-refractivity contribution in [3.05, 3.63) is 240 Å². The predicted octanol–water partition coefficient (Wildman–Crippen LogP) is 16.8. The highest BCUT2D eigenvalue weighted by Crippen LogP contribution is 2.48. The highest BCUT2D eigenvalue weighted by molar-refractivity contribution is 6.09. The number of para-hydroxylation sites is 3. The summed E-state index contributed by atoms with van der Waals surface area (Å²) >= 11 is 0. The molecule has 0 atom stereocenters. The van der Waals surface area contributed by atoms with Crippen molar-refractivity contribution in [2.75, 3.05) is 16.5 Å². The third kappa shape index (κ3) is 8.02. The van der Waals surface area contributed by atoms with Gasteiger partial charge in [0.15, 0.2) is 0 Å². The molecule has 0 bridgehead atoms. The highest BCUT2D eigenvalue weighted by Gasteiger charge is 2.32. The number of pyridine rings is 1. The van der Waals surface area contributed by atoms with E-state index in [0.717, 1.165) is 56.5 Å². The molecule has 0 N–H and O–H groups in total. The summed E-state index contributed by atoms with van der Waals surface area (Å²) in [4.78, 5) is 9.91. The van der Waals surface area contributed by atoms with Crippen LogP contribution >= 0.6 is 0 Å². The van der Waals surface area contributed by atoms with Gasteiger partial charge in [-0.05, 0) is 111 Å². The average molecular weight is 899 g/mol. The van der Waals surface area contributed by atoms with Crippen LogP contribution in [0.25, 0.3) is 38.8 Å². The fourth-order valence-corrected chi connectivity index (χ4v) is 10.2. The molecule has 0 radical (unpaired) electrons. The molecule has 0 fully saturated rings. The van der Waals surface area contributed by atoms with Gasteiger partial charge in [-0.25, -0.2) is 4.98 Å². The quantitative estimate of drug-likeness (QED) is 0.137. The summed E-state index contributed by atoms with van der Waals surface area (Å²) in [6.07, 6.45) is 1.94. The number of hydrogen-bond donors (Lipinski definition) is 0. The monoisotopic (exact) mass is 898 g/mol. The van der Waals surface area contributed by atoms with E-state index in [1.54, 1.807) is 0 Å². The Bertz CT molecular complexity index is 3490. The Morgan fingerprint density at radius 3 is 1.64 bits per heavy atom. The maximum absolute atomic E-state index is 7.03. The number of benzene rings is 8. The van der Waals surface area contributed by atoms with Crippen molar-refractivity contribution >= 4 is 44.6 Å². The van der Waals surface area contributed by atoms with Crippen LogP contribution in [-0.4, -0.2) is 16.2 Å². The summed E-state index contributed by atoms with van der Waals surface area (Å²) in [6.45, 7) is 16.7. The standard InChI is InChI=1S/C64H58N4O/c1-62(2,3)49-37-52(67-43-66(58-29-19-20-30-59(58)67)51-36-45(44-21-11-8-12-22-44)35-50(38-51)64(6,7)47-25-15-10-16-26-47)41-54(39-49)69-53-31-32-56-55-27-17-18-28-57(55)68(60(56)42-53)61-40-48(33-34-65-61)63(4,5)46-23-13-9-14-24-46/h8-42H,43H2,1-7H3. The SMILES string of the molecule is CC(C)(C)c1cc(Oc2ccc3c4ccccc4n(-c4cc(C(C)(C)c5ccccc5)ccn4)c3c2)cc(N2CN(c3cc(-c4ccccc4)cc(C(C)(C)c4ccccc4)c3)c3ccccc32)c1. The van der Waals surface area contributed by atoms with Crippen molar-refractivity contribution in [3.8, 4) is 28.4 Å². The molecule has 10 aromatic rings. The molecule has 1 aliphatic rings. The maximum Gasteiger partial charge on any atom is 0.137 e. The number of fused-ring (bicyclic) bond motifs is 4. The van der Waals surface area contributed by atoms with Crippen LogP contribution < -0.4 is 14.5 Å². The topological polar surface area (TPSA) is 33.5 Å².